The van der Waals surface area contributed by atoms with Crippen molar-refractivity contribution in [3.8, 4) is 39.7 Å². The third kappa shape index (κ3) is 4.27. The Bertz CT molecular complexity index is 2230. The lowest BCUT2D eigenvalue weighted by Gasteiger charge is -2.11. The van der Waals surface area contributed by atoms with E-state index in [9.17, 15) is 0 Å². The molecule has 3 aromatic heterocycles. The highest BCUT2D eigenvalue weighted by atomic mass is 16.5. The van der Waals surface area contributed by atoms with E-state index in [1.807, 2.05) is 54.7 Å². The maximum absolute atomic E-state index is 6.45. The summed E-state index contributed by atoms with van der Waals surface area (Å²) in [6.45, 7) is 0. The number of hydrogen-bond acceptors (Lipinski definition) is 3. The average Bonchev–Trinajstić information content (AvgIpc) is 3.39. The fourth-order valence-corrected chi connectivity index (χ4v) is 5.69. The topological polar surface area (TPSA) is 39.9 Å². The first-order chi connectivity index (χ1) is 20.8. The predicted octanol–water partition coefficient (Wildman–Crippen LogP) is 9.85. The minimum absolute atomic E-state index is 0.758. The lowest BCUT2D eigenvalue weighted by Crippen LogP contribution is -1.97. The van der Waals surface area contributed by atoms with Gasteiger partial charge in [-0.3, -0.25) is 4.57 Å². The van der Waals surface area contributed by atoms with Gasteiger partial charge in [-0.2, -0.15) is 0 Å². The lowest BCUT2D eigenvalue weighted by molar-refractivity contribution is 0.483. The van der Waals surface area contributed by atoms with Crippen molar-refractivity contribution in [1.29, 1.82) is 0 Å². The van der Waals surface area contributed by atoms with Crippen molar-refractivity contribution in [2.45, 2.75) is 0 Å². The van der Waals surface area contributed by atoms with Crippen molar-refractivity contribution in [3.63, 3.8) is 0 Å². The molecule has 0 radical (unpaired) electrons. The second-order valence-electron chi connectivity index (χ2n) is 10.3. The molecule has 0 aliphatic carbocycles. The normalized spacial score (nSPS) is 11.3. The Labute approximate surface area is 243 Å². The van der Waals surface area contributed by atoms with Crippen molar-refractivity contribution in [1.82, 2.24) is 14.5 Å². The number of fused-ring (bicyclic) bond motifs is 4. The molecule has 0 atom stereocenters. The lowest BCUT2D eigenvalue weighted by atomic mass is 10.1. The highest BCUT2D eigenvalue weighted by molar-refractivity contribution is 6.09. The van der Waals surface area contributed by atoms with E-state index < -0.39 is 0 Å². The van der Waals surface area contributed by atoms with Crippen LogP contribution >= 0.6 is 0 Å². The smallest absolute Gasteiger partial charge is 0.138 e. The Balaban J connectivity index is 1.21. The van der Waals surface area contributed by atoms with E-state index in [4.69, 9.17) is 14.7 Å². The predicted molar refractivity (Wildman–Crippen MR) is 171 cm³/mol. The number of benzene rings is 5. The Morgan fingerprint density at radius 1 is 0.500 bits per heavy atom. The van der Waals surface area contributed by atoms with Crippen molar-refractivity contribution < 1.29 is 4.74 Å². The van der Waals surface area contributed by atoms with Gasteiger partial charge in [0.05, 0.1) is 22.2 Å². The van der Waals surface area contributed by atoms with Gasteiger partial charge in [-0.25, -0.2) is 9.97 Å². The molecule has 0 spiro atoms. The van der Waals surface area contributed by atoms with Gasteiger partial charge in [-0.1, -0.05) is 84.9 Å². The molecule has 0 fully saturated rings. The van der Waals surface area contributed by atoms with E-state index in [-0.39, 0.29) is 0 Å². The van der Waals surface area contributed by atoms with Crippen molar-refractivity contribution in [3.05, 3.63) is 152 Å². The van der Waals surface area contributed by atoms with Crippen LogP contribution in [0.1, 0.15) is 0 Å². The third-order valence-corrected chi connectivity index (χ3v) is 7.69. The largest absolute Gasteiger partial charge is 0.457 e. The van der Waals surface area contributed by atoms with E-state index in [0.29, 0.717) is 0 Å². The zero-order valence-electron chi connectivity index (χ0n) is 22.7. The van der Waals surface area contributed by atoms with Gasteiger partial charge in [-0.15, -0.1) is 0 Å². The zero-order valence-corrected chi connectivity index (χ0v) is 22.7. The Kier molecular flexibility index (Phi) is 5.75. The fraction of sp³-hybridized carbons (Fsp3) is 0. The first-order valence-corrected chi connectivity index (χ1v) is 14.0. The molecule has 0 aliphatic rings. The average molecular weight is 540 g/mol. The minimum Gasteiger partial charge on any atom is -0.457 e. The van der Waals surface area contributed by atoms with E-state index in [1.54, 1.807) is 0 Å². The van der Waals surface area contributed by atoms with E-state index >= 15 is 0 Å². The standard InChI is InChI=1S/C38H25N3O/c1-2-9-26(10-3-1)28-21-22-39-38(24-28)41-36-16-7-5-14-32(36)33-19-18-31(25-37(33)41)42-30-13-8-12-29(23-30)35-20-17-27-11-4-6-15-34(27)40-35/h1-25H. The fourth-order valence-electron chi connectivity index (χ4n) is 5.69. The summed E-state index contributed by atoms with van der Waals surface area (Å²) in [6, 6.07) is 49.8. The van der Waals surface area contributed by atoms with Crippen molar-refractivity contribution in [2.75, 3.05) is 0 Å². The molecule has 5 aromatic carbocycles. The van der Waals surface area contributed by atoms with Gasteiger partial charge in [0.25, 0.3) is 0 Å². The molecule has 0 amide bonds. The quantitative estimate of drug-likeness (QED) is 0.218. The van der Waals surface area contributed by atoms with Gasteiger partial charge in [-0.05, 0) is 65.7 Å². The van der Waals surface area contributed by atoms with Crippen LogP contribution in [0.15, 0.2) is 152 Å². The first kappa shape index (κ1) is 24.1. The minimum atomic E-state index is 0.758. The van der Waals surface area contributed by atoms with Crippen LogP contribution in [-0.2, 0) is 0 Å². The van der Waals surface area contributed by atoms with Crippen LogP contribution in [0, 0.1) is 0 Å². The number of hydrogen-bond donors (Lipinski definition) is 0. The Morgan fingerprint density at radius 3 is 2.24 bits per heavy atom. The molecule has 8 aromatic rings. The van der Waals surface area contributed by atoms with Crippen LogP contribution in [0.25, 0.3) is 60.9 Å². The van der Waals surface area contributed by atoms with Gasteiger partial charge in [0.15, 0.2) is 0 Å². The van der Waals surface area contributed by atoms with Crippen molar-refractivity contribution >= 4 is 32.7 Å². The number of ether oxygens (including phenoxy) is 1. The highest BCUT2D eigenvalue weighted by Gasteiger charge is 2.15. The molecular formula is C38H25N3O. The third-order valence-electron chi connectivity index (χ3n) is 7.69. The van der Waals surface area contributed by atoms with Gasteiger partial charge >= 0.3 is 0 Å². The van der Waals surface area contributed by atoms with E-state index in [2.05, 4.69) is 102 Å². The molecule has 4 nitrogen and oxygen atoms in total. The summed E-state index contributed by atoms with van der Waals surface area (Å²) in [4.78, 5) is 9.67. The molecular weight excluding hydrogens is 514 g/mol. The highest BCUT2D eigenvalue weighted by Crippen LogP contribution is 2.36. The molecule has 198 valence electrons. The monoisotopic (exact) mass is 539 g/mol. The SMILES string of the molecule is c1ccc(-c2ccnc(-n3c4ccccc4c4ccc(Oc5cccc(-c6ccc7ccccc7n6)c5)cc43)c2)cc1. The summed E-state index contributed by atoms with van der Waals surface area (Å²) in [5.74, 6) is 2.38. The molecule has 0 aliphatic heterocycles. The number of aromatic nitrogens is 3. The summed E-state index contributed by atoms with van der Waals surface area (Å²) in [6.07, 6.45) is 1.88. The van der Waals surface area contributed by atoms with Crippen LogP contribution in [0.4, 0.5) is 0 Å². The number of nitrogens with zero attached hydrogens (tertiary/aromatic N) is 3. The first-order valence-electron chi connectivity index (χ1n) is 14.0. The summed E-state index contributed by atoms with van der Waals surface area (Å²) < 4.78 is 8.68. The molecule has 42 heavy (non-hydrogen) atoms. The van der Waals surface area contributed by atoms with Crippen LogP contribution in [0.2, 0.25) is 0 Å². The number of pyridine rings is 2. The number of para-hydroxylation sites is 2. The molecule has 0 saturated carbocycles. The van der Waals surface area contributed by atoms with Crippen LogP contribution in [0.5, 0.6) is 11.5 Å². The summed E-state index contributed by atoms with van der Waals surface area (Å²) in [5, 5.41) is 3.45. The van der Waals surface area contributed by atoms with Gasteiger partial charge in [0.2, 0.25) is 0 Å². The molecule has 0 saturated heterocycles. The number of rotatable bonds is 5. The van der Waals surface area contributed by atoms with Gasteiger partial charge in [0, 0.05) is 34.0 Å². The molecule has 0 bridgehead atoms. The maximum atomic E-state index is 6.45. The van der Waals surface area contributed by atoms with Gasteiger partial charge in [0.1, 0.15) is 17.3 Å². The summed E-state index contributed by atoms with van der Waals surface area (Å²) >= 11 is 0. The second-order valence-corrected chi connectivity index (χ2v) is 10.3. The van der Waals surface area contributed by atoms with E-state index in [1.165, 1.54) is 5.39 Å². The summed E-state index contributed by atoms with van der Waals surface area (Å²) in [7, 11) is 0. The second kappa shape index (κ2) is 10.0. The van der Waals surface area contributed by atoms with Crippen LogP contribution in [0.3, 0.4) is 0 Å². The van der Waals surface area contributed by atoms with Crippen LogP contribution in [-0.4, -0.2) is 14.5 Å². The summed E-state index contributed by atoms with van der Waals surface area (Å²) in [5.41, 5.74) is 7.33. The molecule has 8 rings (SSSR count). The zero-order chi connectivity index (χ0) is 27.9. The molecule has 4 heteroatoms. The Morgan fingerprint density at radius 2 is 1.29 bits per heavy atom. The molecule has 0 N–H and O–H groups in total. The van der Waals surface area contributed by atoms with E-state index in [0.717, 1.165) is 67.0 Å². The maximum Gasteiger partial charge on any atom is 0.138 e. The molecule has 3 heterocycles. The Hall–Kier alpha value is -5.74. The van der Waals surface area contributed by atoms with Crippen molar-refractivity contribution in [2.24, 2.45) is 0 Å². The van der Waals surface area contributed by atoms with Crippen LogP contribution < -0.4 is 4.74 Å². The molecule has 0 unspecified atom stereocenters. The van der Waals surface area contributed by atoms with Gasteiger partial charge < -0.3 is 4.74 Å².